The van der Waals surface area contributed by atoms with E-state index in [0.29, 0.717) is 13.2 Å². The average molecular weight is 516 g/mol. The lowest BCUT2D eigenvalue weighted by Gasteiger charge is -2.17. The number of carbonyl (C=O) groups is 2. The van der Waals surface area contributed by atoms with Crippen LogP contribution in [-0.4, -0.2) is 59.0 Å². The predicted octanol–water partition coefficient (Wildman–Crippen LogP) is 5.26. The van der Waals surface area contributed by atoms with E-state index in [1.807, 2.05) is 37.3 Å². The summed E-state index contributed by atoms with van der Waals surface area (Å²) in [5, 5.41) is 7.42. The Bertz CT molecular complexity index is 1120. The number of carboxylic acid groups (broad SMARTS) is 1. The highest BCUT2D eigenvalue weighted by Gasteiger charge is 2.26. The topological polar surface area (TPSA) is 89.9 Å². The van der Waals surface area contributed by atoms with Gasteiger partial charge in [-0.3, -0.25) is 9.59 Å². The predicted molar refractivity (Wildman–Crippen MR) is 142 cm³/mol. The van der Waals surface area contributed by atoms with Gasteiger partial charge in [0.2, 0.25) is 0 Å². The zero-order chi connectivity index (χ0) is 26.8. The molecule has 0 aliphatic heterocycles. The number of aliphatic carboxylic acids is 1. The number of ether oxygens (including phenoxy) is 1. The summed E-state index contributed by atoms with van der Waals surface area (Å²) in [7, 11) is 0. The van der Waals surface area contributed by atoms with E-state index in [9.17, 15) is 13.7 Å². The number of likely N-dealkylation sites (N-methyl/N-ethyl adjacent to an activating group) is 1. The van der Waals surface area contributed by atoms with E-state index in [-0.39, 0.29) is 18.2 Å². The Balaban J connectivity index is 0.00000106. The van der Waals surface area contributed by atoms with Crippen molar-refractivity contribution in [2.24, 2.45) is 0 Å². The molecule has 0 amide bonds. The highest BCUT2D eigenvalue weighted by atomic mass is 32.2. The largest absolute Gasteiger partial charge is 0.612 e. The van der Waals surface area contributed by atoms with Crippen molar-refractivity contribution in [3.8, 4) is 0 Å². The maximum Gasteiger partial charge on any atom is 0.310 e. The molecule has 0 heterocycles. The third kappa shape index (κ3) is 8.33. The van der Waals surface area contributed by atoms with Crippen molar-refractivity contribution in [2.75, 3.05) is 32.5 Å². The van der Waals surface area contributed by atoms with Gasteiger partial charge >= 0.3 is 5.97 Å². The number of rotatable bonds is 9. The molecule has 1 N–H and O–H groups in total. The molecule has 0 aromatic heterocycles. The first-order chi connectivity index (χ1) is 17.1. The van der Waals surface area contributed by atoms with Gasteiger partial charge in [0.25, 0.3) is 5.97 Å². The molecule has 0 bridgehead atoms. The summed E-state index contributed by atoms with van der Waals surface area (Å²) in [4.78, 5) is 24.5. The van der Waals surface area contributed by atoms with Crippen LogP contribution in [0.5, 0.6) is 0 Å². The highest BCUT2D eigenvalue weighted by molar-refractivity contribution is 7.90. The van der Waals surface area contributed by atoms with Crippen LogP contribution in [0.1, 0.15) is 50.8 Å². The average Bonchev–Trinajstić information content (AvgIpc) is 3.07. The van der Waals surface area contributed by atoms with Crippen LogP contribution in [-0.2, 0) is 25.5 Å². The van der Waals surface area contributed by atoms with Gasteiger partial charge in [-0.15, -0.1) is 0 Å². The Morgan fingerprint density at radius 2 is 1.72 bits per heavy atom. The lowest BCUT2D eigenvalue weighted by molar-refractivity contribution is -0.142. The summed E-state index contributed by atoms with van der Waals surface area (Å²) >= 11 is -1.03. The van der Waals surface area contributed by atoms with Crippen molar-refractivity contribution in [1.29, 1.82) is 0 Å². The number of hydrogen-bond acceptors (Lipinski definition) is 5. The van der Waals surface area contributed by atoms with Crippen LogP contribution in [0.4, 0.5) is 4.39 Å². The Hall–Kier alpha value is -2.94. The third-order valence-electron chi connectivity index (χ3n) is 5.86. The second-order valence-corrected chi connectivity index (χ2v) is 9.70. The molecule has 0 saturated carbocycles. The van der Waals surface area contributed by atoms with Crippen LogP contribution in [0.25, 0.3) is 17.2 Å². The SMILES string of the molecule is CC(=O)O.CCN(CC)CCOC(=O)CC1=C(C)C(=Cc2ccc([S+](C)[O-])cc2)c2ccc(F)cc21. The van der Waals surface area contributed by atoms with Crippen LogP contribution in [0.15, 0.2) is 52.9 Å². The molecule has 0 fully saturated rings. The molecule has 6 nitrogen and oxygen atoms in total. The Kier molecular flexibility index (Phi) is 11.4. The Morgan fingerprint density at radius 3 is 2.28 bits per heavy atom. The number of nitrogens with zero attached hydrogens (tertiary/aromatic N) is 1. The monoisotopic (exact) mass is 515 g/mol. The fourth-order valence-corrected chi connectivity index (χ4v) is 4.45. The van der Waals surface area contributed by atoms with Gasteiger partial charge in [0.1, 0.15) is 18.7 Å². The van der Waals surface area contributed by atoms with Gasteiger partial charge in [0, 0.05) is 13.5 Å². The van der Waals surface area contributed by atoms with Crippen molar-refractivity contribution < 1.29 is 28.4 Å². The van der Waals surface area contributed by atoms with Crippen LogP contribution < -0.4 is 0 Å². The zero-order valence-corrected chi connectivity index (χ0v) is 22.3. The highest BCUT2D eigenvalue weighted by Crippen LogP contribution is 2.44. The number of esters is 1. The van der Waals surface area contributed by atoms with E-state index >= 15 is 0 Å². The fraction of sp³-hybridized carbons (Fsp3) is 0.357. The molecular formula is C28H34FNO5S. The number of fused-ring (bicyclic) bond motifs is 1. The molecule has 2 aromatic rings. The summed E-state index contributed by atoms with van der Waals surface area (Å²) in [5.41, 5.74) is 5.28. The van der Waals surface area contributed by atoms with Gasteiger partial charge in [-0.1, -0.05) is 19.9 Å². The Morgan fingerprint density at radius 1 is 1.11 bits per heavy atom. The summed E-state index contributed by atoms with van der Waals surface area (Å²) in [5.74, 6) is -1.47. The van der Waals surface area contributed by atoms with Crippen LogP contribution in [0.2, 0.25) is 0 Å². The lowest BCUT2D eigenvalue weighted by atomic mass is 10.0. The molecule has 36 heavy (non-hydrogen) atoms. The van der Waals surface area contributed by atoms with Crippen molar-refractivity contribution >= 4 is 40.3 Å². The third-order valence-corrected chi connectivity index (χ3v) is 6.80. The number of hydrogen-bond donors (Lipinski definition) is 1. The molecule has 0 radical (unpaired) electrons. The summed E-state index contributed by atoms with van der Waals surface area (Å²) < 4.78 is 31.2. The molecule has 1 unspecified atom stereocenters. The van der Waals surface area contributed by atoms with E-state index < -0.39 is 17.1 Å². The molecule has 1 atom stereocenters. The van der Waals surface area contributed by atoms with E-state index in [1.54, 1.807) is 12.3 Å². The second kappa shape index (κ2) is 14.0. The molecule has 2 aromatic carbocycles. The maximum absolute atomic E-state index is 14.1. The number of halogens is 1. The Labute approximate surface area is 215 Å². The van der Waals surface area contributed by atoms with Gasteiger partial charge < -0.3 is 19.3 Å². The van der Waals surface area contributed by atoms with E-state index in [0.717, 1.165) is 58.3 Å². The normalized spacial score (nSPS) is 14.4. The second-order valence-electron chi connectivity index (χ2n) is 8.32. The molecule has 0 spiro atoms. The summed E-state index contributed by atoms with van der Waals surface area (Å²) in [6.07, 6.45) is 3.77. The molecule has 194 valence electrons. The molecule has 3 rings (SSSR count). The smallest absolute Gasteiger partial charge is 0.310 e. The van der Waals surface area contributed by atoms with E-state index in [1.165, 1.54) is 12.1 Å². The lowest BCUT2D eigenvalue weighted by Crippen LogP contribution is -2.27. The first-order valence-electron chi connectivity index (χ1n) is 11.8. The van der Waals surface area contributed by atoms with Crippen molar-refractivity contribution in [1.82, 2.24) is 4.90 Å². The summed E-state index contributed by atoms with van der Waals surface area (Å²) in [6, 6.07) is 12.2. The van der Waals surface area contributed by atoms with Gasteiger partial charge in [-0.25, -0.2) is 4.39 Å². The minimum atomic E-state index is -1.03. The number of allylic oxidation sites excluding steroid dienone is 2. The molecule has 0 saturated heterocycles. The van der Waals surface area contributed by atoms with Crippen molar-refractivity contribution in [3.63, 3.8) is 0 Å². The van der Waals surface area contributed by atoms with Crippen LogP contribution in [0, 0.1) is 5.82 Å². The number of carboxylic acids is 1. The standard InChI is InChI=1S/C26H30FNO3S.C2H4O2/c1-5-28(6-2)13-14-31-26(29)17-24-18(3)23(22-12-9-20(27)16-25(22)24)15-19-7-10-21(11-8-19)32(4)30;1-2(3)4/h7-12,15-16H,5-6,13-14,17H2,1-4H3;1H3,(H,3,4). The minimum absolute atomic E-state index is 0.103. The first kappa shape index (κ1) is 29.3. The number of carbonyl (C=O) groups excluding carboxylic acids is 1. The minimum Gasteiger partial charge on any atom is -0.612 e. The number of benzene rings is 2. The van der Waals surface area contributed by atoms with Crippen LogP contribution in [0.3, 0.4) is 0 Å². The van der Waals surface area contributed by atoms with Gasteiger partial charge in [-0.05, 0) is 107 Å². The maximum atomic E-state index is 14.1. The molecule has 1 aliphatic carbocycles. The zero-order valence-electron chi connectivity index (χ0n) is 21.5. The quantitative estimate of drug-likeness (QED) is 0.362. The van der Waals surface area contributed by atoms with Crippen molar-refractivity contribution in [2.45, 2.75) is 39.0 Å². The van der Waals surface area contributed by atoms with E-state index in [2.05, 4.69) is 18.7 Å². The van der Waals surface area contributed by atoms with E-state index in [4.69, 9.17) is 14.6 Å². The van der Waals surface area contributed by atoms with Gasteiger partial charge in [0.15, 0.2) is 4.90 Å². The molecule has 8 heteroatoms. The first-order valence-corrected chi connectivity index (χ1v) is 13.4. The molecule has 1 aliphatic rings. The van der Waals surface area contributed by atoms with Gasteiger partial charge in [-0.2, -0.15) is 0 Å². The summed E-state index contributed by atoms with van der Waals surface area (Å²) in [6.45, 7) is 10.1. The van der Waals surface area contributed by atoms with Crippen molar-refractivity contribution in [3.05, 3.63) is 70.5 Å². The van der Waals surface area contributed by atoms with Crippen LogP contribution >= 0.6 is 0 Å². The molecular weight excluding hydrogens is 481 g/mol. The van der Waals surface area contributed by atoms with Gasteiger partial charge in [0.05, 0.1) is 6.42 Å². The fourth-order valence-electron chi connectivity index (χ4n) is 3.93.